The van der Waals surface area contributed by atoms with E-state index in [0.29, 0.717) is 18.9 Å². The van der Waals surface area contributed by atoms with Gasteiger partial charge in [0.15, 0.2) is 0 Å². The molecule has 1 aromatic rings. The van der Waals surface area contributed by atoms with Crippen LogP contribution in [0.1, 0.15) is 44.8 Å². The number of piperazine rings is 1. The molecule has 2 radical (unpaired) electrons. The monoisotopic (exact) mass is 498 g/mol. The number of fused-ring (bicyclic) bond motifs is 1. The van der Waals surface area contributed by atoms with E-state index in [4.69, 9.17) is 12.8 Å². The summed E-state index contributed by atoms with van der Waals surface area (Å²) in [7, 11) is 7.95. The summed E-state index contributed by atoms with van der Waals surface area (Å²) in [5, 5.41) is 10.3. The largest absolute Gasteiger partial charge is 0.366 e. The fourth-order valence-corrected chi connectivity index (χ4v) is 4.45. The minimum Gasteiger partial charge on any atom is -0.366 e. The van der Waals surface area contributed by atoms with E-state index in [1.165, 1.54) is 5.70 Å². The molecule has 0 aromatic carbocycles. The maximum Gasteiger partial charge on any atom is 0.209 e. The number of allylic oxidation sites excluding steroid dienone is 7. The van der Waals surface area contributed by atoms with Crippen molar-refractivity contribution in [3.8, 4) is 0 Å². The van der Waals surface area contributed by atoms with Crippen molar-refractivity contribution in [2.45, 2.75) is 52.0 Å². The van der Waals surface area contributed by atoms with Crippen LogP contribution in [0.3, 0.4) is 0 Å². The number of aliphatic imine (C=N–C) groups is 1. The number of nitrogens with one attached hydrogen (secondary N) is 3. The van der Waals surface area contributed by atoms with Crippen LogP contribution in [0.4, 0.5) is 11.8 Å². The highest BCUT2D eigenvalue weighted by Gasteiger charge is 2.32. The van der Waals surface area contributed by atoms with Crippen LogP contribution >= 0.6 is 0 Å². The molecule has 2 fully saturated rings. The van der Waals surface area contributed by atoms with Crippen LogP contribution < -0.4 is 16.0 Å². The third-order valence-electron chi connectivity index (χ3n) is 6.64. The molecule has 1 saturated heterocycles. The molecule has 8 nitrogen and oxygen atoms in total. The van der Waals surface area contributed by atoms with Gasteiger partial charge in [0, 0.05) is 43.6 Å². The van der Waals surface area contributed by atoms with Gasteiger partial charge in [0.2, 0.25) is 11.9 Å². The van der Waals surface area contributed by atoms with Crippen LogP contribution in [-0.2, 0) is 6.54 Å². The summed E-state index contributed by atoms with van der Waals surface area (Å²) in [5.41, 5.74) is 7.57. The minimum absolute atomic E-state index is 0.430. The first-order valence-electron chi connectivity index (χ1n) is 13.2. The van der Waals surface area contributed by atoms with Crippen molar-refractivity contribution in [2.75, 3.05) is 43.9 Å². The Morgan fingerprint density at radius 2 is 2.03 bits per heavy atom. The van der Waals surface area contributed by atoms with E-state index in [0.717, 1.165) is 80.3 Å². The molecule has 4 rings (SSSR count). The summed E-state index contributed by atoms with van der Waals surface area (Å²) in [6.07, 6.45) is 15.3. The van der Waals surface area contributed by atoms with Crippen molar-refractivity contribution in [1.29, 1.82) is 0 Å². The SMILES string of the molecule is [B]C/C=C(\C=C/C=C)Nc1nc2c(n1C1CC1)NC(N/C(C)=C/C=C=C(CC)N1CCN(C)CC1)=NC2. The maximum atomic E-state index is 5.77. The molecule has 9 heteroatoms. The summed E-state index contributed by atoms with van der Waals surface area (Å²) < 4.78 is 2.25. The second kappa shape index (κ2) is 12.7. The molecule has 194 valence electrons. The lowest BCUT2D eigenvalue weighted by atomic mass is 10.0. The summed E-state index contributed by atoms with van der Waals surface area (Å²) in [6.45, 7) is 12.8. The van der Waals surface area contributed by atoms with Crippen LogP contribution in [0, 0.1) is 0 Å². The van der Waals surface area contributed by atoms with Gasteiger partial charge in [-0.2, -0.15) is 0 Å². The smallest absolute Gasteiger partial charge is 0.209 e. The van der Waals surface area contributed by atoms with Gasteiger partial charge in [0.1, 0.15) is 11.5 Å². The number of rotatable bonds is 10. The van der Waals surface area contributed by atoms with Crippen molar-refractivity contribution in [3.05, 3.63) is 71.6 Å². The predicted octanol–water partition coefficient (Wildman–Crippen LogP) is 4.31. The zero-order valence-corrected chi connectivity index (χ0v) is 22.4. The Balaban J connectivity index is 1.45. The van der Waals surface area contributed by atoms with E-state index in [9.17, 15) is 0 Å². The molecule has 3 N–H and O–H groups in total. The van der Waals surface area contributed by atoms with Gasteiger partial charge in [0.05, 0.1) is 20.1 Å². The Hall–Kier alpha value is -3.42. The molecule has 1 aliphatic carbocycles. The van der Waals surface area contributed by atoms with Crippen molar-refractivity contribution in [3.63, 3.8) is 0 Å². The Bertz CT molecular complexity index is 1150. The molecule has 0 spiro atoms. The molecule has 0 unspecified atom stereocenters. The molecular formula is C28H39BN8. The first-order valence-corrected chi connectivity index (χ1v) is 13.2. The van der Waals surface area contributed by atoms with E-state index in [1.54, 1.807) is 6.08 Å². The standard InChI is InChI=1S/C28H39BN8/c1-5-7-10-22(14-15-29)32-28-33-25-20-30-27(34-26(25)37(28)24-12-13-24)31-21(3)9-8-11-23(6-2)36-18-16-35(4)17-19-36/h5,7-10,14,24H,1,6,12-13,15-20H2,2-4H3,(H,32,33)(H2,30,31,34)/b10-7-,21-9+,22-14+. The number of guanidine groups is 1. The van der Waals surface area contributed by atoms with E-state index >= 15 is 0 Å². The molecular weight excluding hydrogens is 459 g/mol. The van der Waals surface area contributed by atoms with Gasteiger partial charge >= 0.3 is 0 Å². The van der Waals surface area contributed by atoms with Gasteiger partial charge in [-0.3, -0.25) is 4.57 Å². The average molecular weight is 498 g/mol. The number of nitrogens with zero attached hydrogens (tertiary/aromatic N) is 5. The highest BCUT2D eigenvalue weighted by atomic mass is 15.3. The zero-order chi connectivity index (χ0) is 26.2. The quantitative estimate of drug-likeness (QED) is 0.254. The van der Waals surface area contributed by atoms with Crippen molar-refractivity contribution >= 4 is 25.6 Å². The molecule has 0 amide bonds. The highest BCUT2D eigenvalue weighted by molar-refractivity contribution is 6.09. The summed E-state index contributed by atoms with van der Waals surface area (Å²) in [5.74, 6) is 2.53. The van der Waals surface area contributed by atoms with Crippen LogP contribution in [0.5, 0.6) is 0 Å². The van der Waals surface area contributed by atoms with Gasteiger partial charge in [-0.15, -0.1) is 0 Å². The summed E-state index contributed by atoms with van der Waals surface area (Å²) in [4.78, 5) is 14.3. The molecule has 0 bridgehead atoms. The fraction of sp³-hybridized carbons (Fsp3) is 0.464. The summed E-state index contributed by atoms with van der Waals surface area (Å²) >= 11 is 0. The van der Waals surface area contributed by atoms with Crippen LogP contribution in [0.15, 0.2) is 70.8 Å². The van der Waals surface area contributed by atoms with Crippen molar-refractivity contribution in [1.82, 2.24) is 24.7 Å². The Labute approximate surface area is 222 Å². The third kappa shape index (κ3) is 7.09. The molecule has 2 aliphatic heterocycles. The molecule has 1 saturated carbocycles. The van der Waals surface area contributed by atoms with Gasteiger partial charge in [-0.25, -0.2) is 9.98 Å². The lowest BCUT2D eigenvalue weighted by molar-refractivity contribution is 0.183. The molecule has 3 heterocycles. The Morgan fingerprint density at radius 1 is 1.24 bits per heavy atom. The number of hydrogen-bond acceptors (Lipinski definition) is 7. The molecule has 1 aromatic heterocycles. The van der Waals surface area contributed by atoms with Gasteiger partial charge in [-0.05, 0) is 51.5 Å². The Kier molecular flexibility index (Phi) is 9.15. The van der Waals surface area contributed by atoms with E-state index in [1.807, 2.05) is 37.3 Å². The number of aromatic nitrogens is 2. The average Bonchev–Trinajstić information content (AvgIpc) is 3.67. The van der Waals surface area contributed by atoms with E-state index in [-0.39, 0.29) is 0 Å². The topological polar surface area (TPSA) is 72.8 Å². The molecule has 0 atom stereocenters. The molecule has 3 aliphatic rings. The minimum atomic E-state index is 0.430. The zero-order valence-electron chi connectivity index (χ0n) is 22.4. The van der Waals surface area contributed by atoms with Crippen LogP contribution in [-0.4, -0.2) is 66.4 Å². The molecule has 37 heavy (non-hydrogen) atoms. The number of imidazole rings is 1. The number of hydrogen-bond donors (Lipinski definition) is 3. The fourth-order valence-electron chi connectivity index (χ4n) is 4.45. The van der Waals surface area contributed by atoms with E-state index < -0.39 is 0 Å². The second-order valence-electron chi connectivity index (χ2n) is 9.61. The van der Waals surface area contributed by atoms with Crippen molar-refractivity contribution in [2.24, 2.45) is 4.99 Å². The van der Waals surface area contributed by atoms with Gasteiger partial charge < -0.3 is 25.8 Å². The predicted molar refractivity (Wildman–Crippen MR) is 155 cm³/mol. The van der Waals surface area contributed by atoms with E-state index in [2.05, 4.69) is 61.6 Å². The Morgan fingerprint density at radius 3 is 2.70 bits per heavy atom. The highest BCUT2D eigenvalue weighted by Crippen LogP contribution is 2.42. The normalized spacial score (nSPS) is 18.6. The van der Waals surface area contributed by atoms with Gasteiger partial charge in [0.25, 0.3) is 0 Å². The number of likely N-dealkylation sites (N-methyl/N-ethyl adjacent to an activating group) is 1. The first-order chi connectivity index (χ1) is 18.0. The summed E-state index contributed by atoms with van der Waals surface area (Å²) in [6, 6.07) is 0.430. The lowest BCUT2D eigenvalue weighted by Crippen LogP contribution is -2.43. The first kappa shape index (κ1) is 26.6. The maximum absolute atomic E-state index is 5.77. The second-order valence-corrected chi connectivity index (χ2v) is 9.61. The van der Waals surface area contributed by atoms with Gasteiger partial charge in [-0.1, -0.05) is 43.8 Å². The lowest BCUT2D eigenvalue weighted by Gasteiger charge is -2.34. The third-order valence-corrected chi connectivity index (χ3v) is 6.64. The van der Waals surface area contributed by atoms with Crippen LogP contribution in [0.2, 0.25) is 6.32 Å². The van der Waals surface area contributed by atoms with Crippen LogP contribution in [0.25, 0.3) is 0 Å². The van der Waals surface area contributed by atoms with Crippen molar-refractivity contribution < 1.29 is 0 Å². The number of anilines is 2.